The van der Waals surface area contributed by atoms with Crippen LogP contribution in [0.25, 0.3) is 0 Å². The maximum atomic E-state index is 10.9. The van der Waals surface area contributed by atoms with Crippen molar-refractivity contribution in [1.82, 2.24) is 4.98 Å². The summed E-state index contributed by atoms with van der Waals surface area (Å²) in [5, 5.41) is 0. The highest BCUT2D eigenvalue weighted by atomic mass is 16.5. The van der Waals surface area contributed by atoms with Gasteiger partial charge < -0.3 is 9.72 Å². The molecule has 1 N–H and O–H groups in total. The summed E-state index contributed by atoms with van der Waals surface area (Å²) in [5.41, 5.74) is 1.33. The first-order valence-corrected chi connectivity index (χ1v) is 3.89. The van der Waals surface area contributed by atoms with Crippen LogP contribution in [0.5, 0.6) is 0 Å². The third kappa shape index (κ3) is 2.43. The van der Waals surface area contributed by atoms with Crippen molar-refractivity contribution in [2.45, 2.75) is 13.3 Å². The van der Waals surface area contributed by atoms with Crippen LogP contribution in [0.4, 0.5) is 0 Å². The van der Waals surface area contributed by atoms with E-state index in [9.17, 15) is 9.59 Å². The van der Waals surface area contributed by atoms with Crippen molar-refractivity contribution in [2.24, 2.45) is 0 Å². The Morgan fingerprint density at radius 3 is 2.77 bits per heavy atom. The van der Waals surface area contributed by atoms with Crippen molar-refractivity contribution in [1.29, 1.82) is 0 Å². The van der Waals surface area contributed by atoms with Crippen LogP contribution in [0.2, 0.25) is 0 Å². The van der Waals surface area contributed by atoms with Crippen LogP contribution in [-0.2, 0) is 16.0 Å². The molecule has 1 aromatic heterocycles. The maximum Gasteiger partial charge on any atom is 0.310 e. The SMILES string of the molecule is COC(=O)Cc1ccc(=O)[nH]c1C. The number of hydrogen-bond donors (Lipinski definition) is 1. The van der Waals surface area contributed by atoms with E-state index in [1.165, 1.54) is 13.2 Å². The van der Waals surface area contributed by atoms with Gasteiger partial charge in [0, 0.05) is 11.8 Å². The Kier molecular flexibility index (Phi) is 2.84. The van der Waals surface area contributed by atoms with Gasteiger partial charge in [-0.2, -0.15) is 0 Å². The van der Waals surface area contributed by atoms with E-state index in [-0.39, 0.29) is 17.9 Å². The molecule has 0 unspecified atom stereocenters. The molecule has 1 heterocycles. The van der Waals surface area contributed by atoms with Crippen molar-refractivity contribution < 1.29 is 9.53 Å². The van der Waals surface area contributed by atoms with Gasteiger partial charge in [-0.1, -0.05) is 6.07 Å². The lowest BCUT2D eigenvalue weighted by molar-refractivity contribution is -0.139. The predicted molar refractivity (Wildman–Crippen MR) is 47.5 cm³/mol. The molecule has 1 aromatic rings. The molecule has 0 amide bonds. The van der Waals surface area contributed by atoms with Gasteiger partial charge in [-0.3, -0.25) is 9.59 Å². The highest BCUT2D eigenvalue weighted by Crippen LogP contribution is 2.02. The molecule has 13 heavy (non-hydrogen) atoms. The van der Waals surface area contributed by atoms with Gasteiger partial charge in [0.05, 0.1) is 13.5 Å². The van der Waals surface area contributed by atoms with Crippen molar-refractivity contribution in [3.63, 3.8) is 0 Å². The van der Waals surface area contributed by atoms with Crippen molar-refractivity contribution in [3.8, 4) is 0 Å². The van der Waals surface area contributed by atoms with Gasteiger partial charge >= 0.3 is 5.97 Å². The molecule has 0 aromatic carbocycles. The smallest absolute Gasteiger partial charge is 0.310 e. The second-order valence-electron chi connectivity index (χ2n) is 2.73. The summed E-state index contributed by atoms with van der Waals surface area (Å²) in [4.78, 5) is 24.3. The minimum atomic E-state index is -0.310. The van der Waals surface area contributed by atoms with E-state index in [2.05, 4.69) is 9.72 Å². The summed E-state index contributed by atoms with van der Waals surface area (Å²) >= 11 is 0. The maximum absolute atomic E-state index is 10.9. The fourth-order valence-corrected chi connectivity index (χ4v) is 1.03. The minimum Gasteiger partial charge on any atom is -0.469 e. The number of hydrogen-bond acceptors (Lipinski definition) is 3. The van der Waals surface area contributed by atoms with Crippen molar-refractivity contribution in [3.05, 3.63) is 33.7 Å². The largest absolute Gasteiger partial charge is 0.469 e. The Bertz CT molecular complexity index is 367. The van der Waals surface area contributed by atoms with Crippen LogP contribution >= 0.6 is 0 Å². The third-order valence-corrected chi connectivity index (χ3v) is 1.79. The zero-order valence-corrected chi connectivity index (χ0v) is 7.59. The summed E-state index contributed by atoms with van der Waals surface area (Å²) in [6.45, 7) is 1.75. The predicted octanol–water partition coefficient (Wildman–Crippen LogP) is 0.399. The molecule has 4 heteroatoms. The quantitative estimate of drug-likeness (QED) is 0.672. The lowest BCUT2D eigenvalue weighted by Gasteiger charge is -2.02. The number of esters is 1. The van der Waals surface area contributed by atoms with Gasteiger partial charge in [0.25, 0.3) is 0 Å². The number of carbonyl (C=O) groups excluding carboxylic acids is 1. The monoisotopic (exact) mass is 181 g/mol. The lowest BCUT2D eigenvalue weighted by Crippen LogP contribution is -2.11. The average molecular weight is 181 g/mol. The number of methoxy groups -OCH3 is 1. The van der Waals surface area contributed by atoms with Gasteiger partial charge in [-0.05, 0) is 12.5 Å². The van der Waals surface area contributed by atoms with Crippen molar-refractivity contribution >= 4 is 5.97 Å². The number of H-pyrrole nitrogens is 1. The first-order valence-electron chi connectivity index (χ1n) is 3.89. The lowest BCUT2D eigenvalue weighted by atomic mass is 10.1. The van der Waals surface area contributed by atoms with Gasteiger partial charge in [-0.15, -0.1) is 0 Å². The number of ether oxygens (including phenoxy) is 1. The summed E-state index contributed by atoms with van der Waals surface area (Å²) < 4.78 is 4.51. The van der Waals surface area contributed by atoms with Crippen LogP contribution in [0, 0.1) is 6.92 Å². The fraction of sp³-hybridized carbons (Fsp3) is 0.333. The van der Waals surface area contributed by atoms with Crippen LogP contribution in [0.3, 0.4) is 0 Å². The van der Waals surface area contributed by atoms with Crippen molar-refractivity contribution in [2.75, 3.05) is 7.11 Å². The Labute approximate surface area is 75.5 Å². The number of aryl methyl sites for hydroxylation is 1. The summed E-state index contributed by atoms with van der Waals surface area (Å²) in [6.07, 6.45) is 0.194. The molecule has 0 aliphatic heterocycles. The molecule has 70 valence electrons. The van der Waals surface area contributed by atoms with E-state index in [4.69, 9.17) is 0 Å². The molecule has 0 spiro atoms. The summed E-state index contributed by atoms with van der Waals surface area (Å²) in [6, 6.07) is 3.02. The normalized spacial score (nSPS) is 9.69. The zero-order valence-electron chi connectivity index (χ0n) is 7.59. The van der Waals surface area contributed by atoms with Gasteiger partial charge in [0.2, 0.25) is 5.56 Å². The zero-order chi connectivity index (χ0) is 9.84. The molecular weight excluding hydrogens is 170 g/mol. The Morgan fingerprint density at radius 2 is 2.23 bits per heavy atom. The van der Waals surface area contributed by atoms with Crippen LogP contribution in [-0.4, -0.2) is 18.1 Å². The molecule has 4 nitrogen and oxygen atoms in total. The molecule has 0 aliphatic rings. The summed E-state index contributed by atoms with van der Waals surface area (Å²) in [7, 11) is 1.34. The van der Waals surface area contributed by atoms with E-state index in [1.807, 2.05) is 0 Å². The van der Waals surface area contributed by atoms with E-state index in [1.54, 1.807) is 13.0 Å². The number of aromatic amines is 1. The minimum absolute atomic E-state index is 0.161. The van der Waals surface area contributed by atoms with E-state index >= 15 is 0 Å². The van der Waals surface area contributed by atoms with Gasteiger partial charge in [0.1, 0.15) is 0 Å². The topological polar surface area (TPSA) is 59.2 Å². The molecular formula is C9H11NO3. The molecule has 0 aliphatic carbocycles. The number of pyridine rings is 1. The van der Waals surface area contributed by atoms with E-state index in [0.717, 1.165) is 5.56 Å². The highest BCUT2D eigenvalue weighted by molar-refractivity contribution is 5.72. The molecule has 0 fully saturated rings. The number of rotatable bonds is 2. The Balaban J connectivity index is 2.90. The molecule has 0 saturated carbocycles. The Morgan fingerprint density at radius 1 is 1.54 bits per heavy atom. The van der Waals surface area contributed by atoms with Gasteiger partial charge in [0.15, 0.2) is 0 Å². The van der Waals surface area contributed by atoms with E-state index < -0.39 is 0 Å². The number of carbonyl (C=O) groups is 1. The third-order valence-electron chi connectivity index (χ3n) is 1.79. The first kappa shape index (κ1) is 9.51. The van der Waals surface area contributed by atoms with Crippen LogP contribution < -0.4 is 5.56 Å². The number of aromatic nitrogens is 1. The Hall–Kier alpha value is -1.58. The van der Waals surface area contributed by atoms with Crippen LogP contribution in [0.15, 0.2) is 16.9 Å². The molecule has 1 rings (SSSR count). The first-order chi connectivity index (χ1) is 6.13. The van der Waals surface area contributed by atoms with E-state index in [0.29, 0.717) is 5.69 Å². The molecule has 0 bridgehead atoms. The second kappa shape index (κ2) is 3.89. The van der Waals surface area contributed by atoms with Crippen LogP contribution in [0.1, 0.15) is 11.3 Å². The molecule has 0 saturated heterocycles. The summed E-state index contributed by atoms with van der Waals surface area (Å²) in [5.74, 6) is -0.310. The average Bonchev–Trinajstić information content (AvgIpc) is 2.09. The highest BCUT2D eigenvalue weighted by Gasteiger charge is 2.05. The standard InChI is InChI=1S/C9H11NO3/c1-6-7(5-9(12)13-2)3-4-8(11)10-6/h3-4H,5H2,1-2H3,(H,10,11). The van der Waals surface area contributed by atoms with Gasteiger partial charge in [-0.25, -0.2) is 0 Å². The second-order valence-corrected chi connectivity index (χ2v) is 2.73. The number of nitrogens with one attached hydrogen (secondary N) is 1. The fourth-order valence-electron chi connectivity index (χ4n) is 1.03. The molecule has 0 radical (unpaired) electrons. The molecule has 0 atom stereocenters.